The topological polar surface area (TPSA) is 50.4 Å². The lowest BCUT2D eigenvalue weighted by Crippen LogP contribution is -2.42. The Hall–Kier alpha value is -1.39. The molecule has 20 heavy (non-hydrogen) atoms. The minimum Gasteiger partial charge on any atom is -0.380 e. The van der Waals surface area contributed by atoms with Crippen LogP contribution in [0.2, 0.25) is 0 Å². The van der Waals surface area contributed by atoms with Crippen molar-refractivity contribution in [3.63, 3.8) is 0 Å². The number of piperidine rings is 1. The number of ether oxygens (including phenoxy) is 1. The van der Waals surface area contributed by atoms with Gasteiger partial charge in [0.25, 0.3) is 0 Å². The molecule has 2 atom stereocenters. The summed E-state index contributed by atoms with van der Waals surface area (Å²) in [4.78, 5) is 12.2. The normalized spacial score (nSPS) is 22.5. The second-order valence-corrected chi connectivity index (χ2v) is 5.50. The molecule has 4 nitrogen and oxygen atoms in total. The highest BCUT2D eigenvalue weighted by Crippen LogP contribution is 2.16. The Morgan fingerprint density at radius 1 is 1.40 bits per heavy atom. The molecule has 0 aromatic heterocycles. The van der Waals surface area contributed by atoms with Gasteiger partial charge in [0.2, 0.25) is 5.91 Å². The molecule has 2 unspecified atom stereocenters. The molecular formula is C16H24N2O2. The van der Waals surface area contributed by atoms with Gasteiger partial charge in [-0.15, -0.1) is 0 Å². The zero-order valence-electron chi connectivity index (χ0n) is 12.3. The van der Waals surface area contributed by atoms with Crippen molar-refractivity contribution in [1.29, 1.82) is 0 Å². The van der Waals surface area contributed by atoms with E-state index in [0.29, 0.717) is 19.2 Å². The molecule has 4 heteroatoms. The van der Waals surface area contributed by atoms with Gasteiger partial charge in [-0.3, -0.25) is 4.79 Å². The van der Waals surface area contributed by atoms with Crippen LogP contribution in [0.25, 0.3) is 0 Å². The van der Waals surface area contributed by atoms with Crippen molar-refractivity contribution in [2.24, 2.45) is 5.92 Å². The Morgan fingerprint density at radius 3 is 2.85 bits per heavy atom. The third-order valence-corrected chi connectivity index (χ3v) is 3.87. The van der Waals surface area contributed by atoms with E-state index in [4.69, 9.17) is 4.74 Å². The van der Waals surface area contributed by atoms with Gasteiger partial charge < -0.3 is 15.4 Å². The van der Waals surface area contributed by atoms with E-state index in [1.807, 2.05) is 24.3 Å². The van der Waals surface area contributed by atoms with E-state index in [1.54, 1.807) is 7.11 Å². The minimum atomic E-state index is 0.140. The van der Waals surface area contributed by atoms with Gasteiger partial charge in [0.15, 0.2) is 0 Å². The summed E-state index contributed by atoms with van der Waals surface area (Å²) in [5, 5.41) is 6.44. The lowest BCUT2D eigenvalue weighted by atomic mass is 9.92. The van der Waals surface area contributed by atoms with Gasteiger partial charge in [0.05, 0.1) is 6.61 Å². The fourth-order valence-corrected chi connectivity index (χ4v) is 2.72. The summed E-state index contributed by atoms with van der Waals surface area (Å²) < 4.78 is 5.18. The highest BCUT2D eigenvalue weighted by molar-refractivity contribution is 5.78. The van der Waals surface area contributed by atoms with Crippen molar-refractivity contribution in [2.45, 2.75) is 39.0 Å². The van der Waals surface area contributed by atoms with Gasteiger partial charge in [0, 0.05) is 25.6 Å². The maximum atomic E-state index is 12.2. The van der Waals surface area contributed by atoms with Gasteiger partial charge in [-0.25, -0.2) is 0 Å². The number of carbonyl (C=O) groups is 1. The van der Waals surface area contributed by atoms with Crippen LogP contribution in [-0.2, 0) is 22.7 Å². The largest absolute Gasteiger partial charge is 0.380 e. The number of hydrogen-bond donors (Lipinski definition) is 2. The SMILES string of the molecule is COCc1ccccc1CNC(=O)C1CCNC(C)C1. The van der Waals surface area contributed by atoms with Crippen molar-refractivity contribution in [3.8, 4) is 0 Å². The van der Waals surface area contributed by atoms with E-state index in [1.165, 1.54) is 0 Å². The van der Waals surface area contributed by atoms with Crippen LogP contribution in [0.1, 0.15) is 30.9 Å². The molecule has 0 bridgehead atoms. The van der Waals surface area contributed by atoms with Crippen LogP contribution in [0.15, 0.2) is 24.3 Å². The molecule has 0 saturated carbocycles. The van der Waals surface area contributed by atoms with Crippen LogP contribution in [0.5, 0.6) is 0 Å². The monoisotopic (exact) mass is 276 g/mol. The van der Waals surface area contributed by atoms with Crippen molar-refractivity contribution < 1.29 is 9.53 Å². The standard InChI is InChI=1S/C16H24N2O2/c1-12-9-13(7-8-17-12)16(19)18-10-14-5-3-4-6-15(14)11-20-2/h3-6,12-13,17H,7-11H2,1-2H3,(H,18,19). The molecule has 1 heterocycles. The fraction of sp³-hybridized carbons (Fsp3) is 0.562. The second-order valence-electron chi connectivity index (χ2n) is 5.50. The Labute approximate surface area is 120 Å². The third kappa shape index (κ3) is 4.05. The van der Waals surface area contributed by atoms with Crippen LogP contribution in [0.4, 0.5) is 0 Å². The van der Waals surface area contributed by atoms with E-state index in [-0.39, 0.29) is 11.8 Å². The van der Waals surface area contributed by atoms with Crippen LogP contribution < -0.4 is 10.6 Å². The summed E-state index contributed by atoms with van der Waals surface area (Å²) in [5.74, 6) is 0.311. The summed E-state index contributed by atoms with van der Waals surface area (Å²) in [7, 11) is 1.69. The number of nitrogens with one attached hydrogen (secondary N) is 2. The van der Waals surface area contributed by atoms with Crippen LogP contribution in [0, 0.1) is 5.92 Å². The van der Waals surface area contributed by atoms with Crippen LogP contribution in [0.3, 0.4) is 0 Å². The average Bonchev–Trinajstić information content (AvgIpc) is 2.46. The Balaban J connectivity index is 1.89. The molecule has 1 aromatic rings. The number of amides is 1. The molecule has 1 amide bonds. The Bertz CT molecular complexity index is 448. The average molecular weight is 276 g/mol. The zero-order valence-corrected chi connectivity index (χ0v) is 12.3. The first-order valence-electron chi connectivity index (χ1n) is 7.27. The van der Waals surface area contributed by atoms with Gasteiger partial charge in [-0.05, 0) is 37.4 Å². The molecule has 2 N–H and O–H groups in total. The predicted molar refractivity (Wildman–Crippen MR) is 79.2 cm³/mol. The van der Waals surface area contributed by atoms with Crippen LogP contribution >= 0.6 is 0 Å². The fourth-order valence-electron chi connectivity index (χ4n) is 2.72. The lowest BCUT2D eigenvalue weighted by molar-refractivity contribution is -0.126. The zero-order chi connectivity index (χ0) is 14.4. The van der Waals surface area contributed by atoms with E-state index in [0.717, 1.165) is 30.5 Å². The quantitative estimate of drug-likeness (QED) is 0.863. The molecule has 0 spiro atoms. The molecule has 1 saturated heterocycles. The van der Waals surface area contributed by atoms with E-state index >= 15 is 0 Å². The third-order valence-electron chi connectivity index (χ3n) is 3.87. The number of methoxy groups -OCH3 is 1. The first-order valence-corrected chi connectivity index (χ1v) is 7.27. The number of benzene rings is 1. The van der Waals surface area contributed by atoms with Crippen molar-refractivity contribution in [3.05, 3.63) is 35.4 Å². The Kier molecular flexibility index (Phi) is 5.56. The molecule has 1 aliphatic heterocycles. The smallest absolute Gasteiger partial charge is 0.223 e. The maximum Gasteiger partial charge on any atom is 0.223 e. The number of hydrogen-bond acceptors (Lipinski definition) is 3. The maximum absolute atomic E-state index is 12.2. The molecule has 0 aliphatic carbocycles. The molecule has 2 rings (SSSR count). The van der Waals surface area contributed by atoms with Crippen molar-refractivity contribution in [1.82, 2.24) is 10.6 Å². The summed E-state index contributed by atoms with van der Waals surface area (Å²) in [5.41, 5.74) is 2.26. The highest BCUT2D eigenvalue weighted by atomic mass is 16.5. The van der Waals surface area contributed by atoms with Crippen LogP contribution in [-0.4, -0.2) is 25.6 Å². The summed E-state index contributed by atoms with van der Waals surface area (Å²) in [6.45, 7) is 4.22. The van der Waals surface area contributed by atoms with Crippen molar-refractivity contribution in [2.75, 3.05) is 13.7 Å². The summed E-state index contributed by atoms with van der Waals surface area (Å²) in [6.07, 6.45) is 1.85. The summed E-state index contributed by atoms with van der Waals surface area (Å²) in [6, 6.07) is 8.50. The molecule has 1 fully saturated rings. The summed E-state index contributed by atoms with van der Waals surface area (Å²) >= 11 is 0. The Morgan fingerprint density at radius 2 is 2.15 bits per heavy atom. The molecule has 1 aliphatic rings. The molecule has 110 valence electrons. The van der Waals surface area contributed by atoms with Gasteiger partial charge in [-0.1, -0.05) is 24.3 Å². The first kappa shape index (κ1) is 15.0. The van der Waals surface area contributed by atoms with Gasteiger partial charge in [-0.2, -0.15) is 0 Å². The molecule has 0 radical (unpaired) electrons. The first-order chi connectivity index (χ1) is 9.70. The van der Waals surface area contributed by atoms with E-state index in [9.17, 15) is 4.79 Å². The van der Waals surface area contributed by atoms with E-state index < -0.39 is 0 Å². The predicted octanol–water partition coefficient (Wildman–Crippen LogP) is 1.84. The van der Waals surface area contributed by atoms with E-state index in [2.05, 4.69) is 17.6 Å². The molecule has 1 aromatic carbocycles. The van der Waals surface area contributed by atoms with Gasteiger partial charge >= 0.3 is 0 Å². The lowest BCUT2D eigenvalue weighted by Gasteiger charge is -2.27. The van der Waals surface area contributed by atoms with Gasteiger partial charge in [0.1, 0.15) is 0 Å². The number of carbonyl (C=O) groups excluding carboxylic acids is 1. The minimum absolute atomic E-state index is 0.140. The highest BCUT2D eigenvalue weighted by Gasteiger charge is 2.24. The molecular weight excluding hydrogens is 252 g/mol. The van der Waals surface area contributed by atoms with Crippen molar-refractivity contribution >= 4 is 5.91 Å². The number of rotatable bonds is 5. The second kappa shape index (κ2) is 7.41.